The van der Waals surface area contributed by atoms with Crippen LogP contribution in [0, 0.1) is 24.2 Å². The van der Waals surface area contributed by atoms with Crippen molar-refractivity contribution in [1.82, 2.24) is 9.55 Å². The van der Waals surface area contributed by atoms with Gasteiger partial charge < -0.3 is 14.4 Å². The van der Waals surface area contributed by atoms with E-state index in [2.05, 4.69) is 59.1 Å². The summed E-state index contributed by atoms with van der Waals surface area (Å²) >= 11 is 0. The van der Waals surface area contributed by atoms with Crippen molar-refractivity contribution in [2.45, 2.75) is 57.5 Å². The number of pyridine rings is 2. The van der Waals surface area contributed by atoms with Crippen LogP contribution in [0.3, 0.4) is 0 Å². The lowest BCUT2D eigenvalue weighted by atomic mass is 9.88. The van der Waals surface area contributed by atoms with Crippen LogP contribution in [0.25, 0.3) is 11.0 Å². The molecule has 2 aliphatic carbocycles. The second-order valence-corrected chi connectivity index (χ2v) is 10.1. The predicted molar refractivity (Wildman–Crippen MR) is 137 cm³/mol. The summed E-state index contributed by atoms with van der Waals surface area (Å²) in [7, 11) is 3.83. The standard InChI is InChI=1S/C28H33N5O/c1-19-6-4-5-7-24(19)33(18-20-8-9-20)23-13-11-22(12-14-23)31(2)26-16-27(34)32(3)25-15-10-21(17-29)30-28(25)26/h4-7,10,15-16,20,22-23H,8-9,11-14,18H2,1-3H3/t22-,23-. The number of hydrogen-bond acceptors (Lipinski definition) is 5. The average Bonchev–Trinajstić information content (AvgIpc) is 3.69. The Hall–Kier alpha value is -3.33. The van der Waals surface area contributed by atoms with Gasteiger partial charge in [-0.3, -0.25) is 4.79 Å². The Morgan fingerprint density at radius 3 is 2.41 bits per heavy atom. The smallest absolute Gasteiger partial charge is 0.252 e. The zero-order valence-electron chi connectivity index (χ0n) is 20.4. The first-order valence-electron chi connectivity index (χ1n) is 12.4. The highest BCUT2D eigenvalue weighted by molar-refractivity contribution is 5.88. The van der Waals surface area contributed by atoms with Crippen molar-refractivity contribution in [3.63, 3.8) is 0 Å². The van der Waals surface area contributed by atoms with Gasteiger partial charge in [-0.15, -0.1) is 0 Å². The molecule has 0 unspecified atom stereocenters. The van der Waals surface area contributed by atoms with Crippen molar-refractivity contribution in [1.29, 1.82) is 5.26 Å². The molecule has 2 heterocycles. The minimum atomic E-state index is -0.0512. The van der Waals surface area contributed by atoms with Crippen LogP contribution < -0.4 is 15.4 Å². The Morgan fingerprint density at radius 1 is 1.03 bits per heavy atom. The third-order valence-electron chi connectivity index (χ3n) is 7.79. The number of para-hydroxylation sites is 1. The van der Waals surface area contributed by atoms with Crippen LogP contribution in [0.15, 0.2) is 47.3 Å². The molecule has 0 N–H and O–H groups in total. The zero-order chi connectivity index (χ0) is 23.8. The van der Waals surface area contributed by atoms with Crippen LogP contribution >= 0.6 is 0 Å². The van der Waals surface area contributed by atoms with E-state index in [9.17, 15) is 10.1 Å². The summed E-state index contributed by atoms with van der Waals surface area (Å²) in [6.07, 6.45) is 7.12. The predicted octanol–water partition coefficient (Wildman–Crippen LogP) is 4.78. The second-order valence-electron chi connectivity index (χ2n) is 10.1. The number of anilines is 2. The molecule has 6 heteroatoms. The average molecular weight is 456 g/mol. The van der Waals surface area contributed by atoms with Crippen LogP contribution in [-0.4, -0.2) is 35.2 Å². The molecule has 2 fully saturated rings. The number of nitriles is 1. The Balaban J connectivity index is 1.38. The molecule has 0 atom stereocenters. The SMILES string of the molecule is Cc1ccccc1N(CC1CC1)[C@H]1CC[C@H](N(C)c2cc(=O)n(C)c3ccc(C#N)nc23)CC1. The van der Waals surface area contributed by atoms with Gasteiger partial charge in [-0.2, -0.15) is 5.26 Å². The Labute approximate surface area is 201 Å². The van der Waals surface area contributed by atoms with Crippen molar-refractivity contribution in [2.24, 2.45) is 13.0 Å². The first-order chi connectivity index (χ1) is 16.5. The molecule has 3 aromatic rings. The molecule has 0 saturated heterocycles. The highest BCUT2D eigenvalue weighted by Crippen LogP contribution is 2.37. The van der Waals surface area contributed by atoms with Crippen molar-refractivity contribution in [3.8, 4) is 6.07 Å². The third kappa shape index (κ3) is 4.27. The van der Waals surface area contributed by atoms with E-state index in [0.717, 1.165) is 54.9 Å². The number of nitrogens with zero attached hydrogens (tertiary/aromatic N) is 5. The maximum Gasteiger partial charge on any atom is 0.252 e. The lowest BCUT2D eigenvalue weighted by Crippen LogP contribution is -2.44. The minimum Gasteiger partial charge on any atom is -0.370 e. The van der Waals surface area contributed by atoms with E-state index in [4.69, 9.17) is 0 Å². The van der Waals surface area contributed by atoms with Gasteiger partial charge in [0.05, 0.1) is 11.2 Å². The van der Waals surface area contributed by atoms with Gasteiger partial charge in [0, 0.05) is 44.5 Å². The molecule has 2 aromatic heterocycles. The molecule has 176 valence electrons. The van der Waals surface area contributed by atoms with E-state index >= 15 is 0 Å². The number of rotatable bonds is 6. The Morgan fingerprint density at radius 2 is 1.74 bits per heavy atom. The van der Waals surface area contributed by atoms with E-state index in [1.807, 2.05) is 6.07 Å². The summed E-state index contributed by atoms with van der Waals surface area (Å²) in [5.41, 5.74) is 5.37. The molecular weight excluding hydrogens is 422 g/mol. The highest BCUT2D eigenvalue weighted by Gasteiger charge is 2.33. The van der Waals surface area contributed by atoms with Gasteiger partial charge in [0.2, 0.25) is 0 Å². The van der Waals surface area contributed by atoms with Crippen LogP contribution in [0.1, 0.15) is 49.8 Å². The summed E-state index contributed by atoms with van der Waals surface area (Å²) in [4.78, 5) is 22.2. The fourth-order valence-corrected chi connectivity index (χ4v) is 5.51. The van der Waals surface area contributed by atoms with Gasteiger partial charge in [0.1, 0.15) is 17.3 Å². The van der Waals surface area contributed by atoms with E-state index in [-0.39, 0.29) is 5.56 Å². The van der Waals surface area contributed by atoms with Crippen LogP contribution in [-0.2, 0) is 7.05 Å². The lowest BCUT2D eigenvalue weighted by Gasteiger charge is -2.42. The van der Waals surface area contributed by atoms with Gasteiger partial charge in [-0.25, -0.2) is 4.98 Å². The monoisotopic (exact) mass is 455 g/mol. The fourth-order valence-electron chi connectivity index (χ4n) is 5.51. The third-order valence-corrected chi connectivity index (χ3v) is 7.79. The topological polar surface area (TPSA) is 65.2 Å². The van der Waals surface area contributed by atoms with E-state index in [0.29, 0.717) is 17.8 Å². The number of hydrogen-bond donors (Lipinski definition) is 0. The largest absolute Gasteiger partial charge is 0.370 e. The molecule has 0 amide bonds. The van der Waals surface area contributed by atoms with Crippen molar-refractivity contribution < 1.29 is 0 Å². The van der Waals surface area contributed by atoms with E-state index < -0.39 is 0 Å². The van der Waals surface area contributed by atoms with Gasteiger partial charge in [-0.1, -0.05) is 18.2 Å². The normalized spacial score (nSPS) is 20.2. The van der Waals surface area contributed by atoms with Gasteiger partial charge in [-0.05, 0) is 75.1 Å². The maximum absolute atomic E-state index is 12.7. The summed E-state index contributed by atoms with van der Waals surface area (Å²) in [6.45, 7) is 3.38. The molecule has 0 spiro atoms. The number of aromatic nitrogens is 2. The summed E-state index contributed by atoms with van der Waals surface area (Å²) in [6, 6.07) is 17.0. The quantitative estimate of drug-likeness (QED) is 0.535. The van der Waals surface area contributed by atoms with Crippen LogP contribution in [0.4, 0.5) is 11.4 Å². The summed E-state index contributed by atoms with van der Waals surface area (Å²) < 4.78 is 1.61. The molecule has 0 bridgehead atoms. The molecular formula is C28H33N5O. The fraction of sp³-hybridized carbons (Fsp3) is 0.464. The molecule has 1 aromatic carbocycles. The Kier molecular flexibility index (Phi) is 6.03. The number of fused-ring (bicyclic) bond motifs is 1. The maximum atomic E-state index is 12.7. The highest BCUT2D eigenvalue weighted by atomic mass is 16.1. The molecule has 5 rings (SSSR count). The van der Waals surface area contributed by atoms with Crippen molar-refractivity contribution in [2.75, 3.05) is 23.4 Å². The zero-order valence-corrected chi connectivity index (χ0v) is 20.4. The summed E-state index contributed by atoms with van der Waals surface area (Å²) in [5.74, 6) is 0.840. The van der Waals surface area contributed by atoms with Crippen LogP contribution in [0.2, 0.25) is 0 Å². The molecule has 2 aliphatic rings. The molecule has 0 aliphatic heterocycles. The second kappa shape index (κ2) is 9.13. The number of benzene rings is 1. The van der Waals surface area contributed by atoms with Crippen LogP contribution in [0.5, 0.6) is 0 Å². The molecule has 34 heavy (non-hydrogen) atoms. The van der Waals surface area contributed by atoms with E-state index in [1.165, 1.54) is 24.1 Å². The first kappa shape index (κ1) is 22.5. The van der Waals surface area contributed by atoms with Gasteiger partial charge >= 0.3 is 0 Å². The van der Waals surface area contributed by atoms with Gasteiger partial charge in [0.15, 0.2) is 0 Å². The number of aryl methyl sites for hydroxylation is 2. The first-order valence-corrected chi connectivity index (χ1v) is 12.4. The molecule has 6 nitrogen and oxygen atoms in total. The van der Waals surface area contributed by atoms with Gasteiger partial charge in [0.25, 0.3) is 5.56 Å². The summed E-state index contributed by atoms with van der Waals surface area (Å²) in [5, 5.41) is 9.36. The lowest BCUT2D eigenvalue weighted by molar-refractivity contribution is 0.365. The Bertz CT molecular complexity index is 1290. The van der Waals surface area contributed by atoms with Crippen molar-refractivity contribution in [3.05, 3.63) is 64.1 Å². The van der Waals surface area contributed by atoms with Crippen molar-refractivity contribution >= 4 is 22.4 Å². The molecule has 2 saturated carbocycles. The van der Waals surface area contributed by atoms with E-state index in [1.54, 1.807) is 23.7 Å². The minimum absolute atomic E-state index is 0.0512. The molecule has 0 radical (unpaired) electrons.